The summed E-state index contributed by atoms with van der Waals surface area (Å²) in [5.41, 5.74) is 9.48. The normalized spacial score (nSPS) is 10.8. The van der Waals surface area contributed by atoms with Crippen LogP contribution in [0.1, 0.15) is 21.5 Å². The second-order valence-electron chi connectivity index (χ2n) is 5.02. The first-order valence-corrected chi connectivity index (χ1v) is 6.66. The summed E-state index contributed by atoms with van der Waals surface area (Å²) in [6.45, 7) is 1.89. The van der Waals surface area contributed by atoms with Gasteiger partial charge in [0, 0.05) is 33.9 Å². The molecule has 1 heterocycles. The topological polar surface area (TPSA) is 68.1 Å². The van der Waals surface area contributed by atoms with Gasteiger partial charge in [-0.25, -0.2) is 0 Å². The fourth-order valence-electron chi connectivity index (χ4n) is 2.50. The van der Waals surface area contributed by atoms with Gasteiger partial charge in [0.25, 0.3) is 0 Å². The maximum Gasteiger partial charge on any atom is 0.195 e. The molecule has 106 valence electrons. The summed E-state index contributed by atoms with van der Waals surface area (Å²) < 4.78 is 5.23. The highest BCUT2D eigenvalue weighted by molar-refractivity contribution is 6.17. The van der Waals surface area contributed by atoms with Crippen LogP contribution in [0.15, 0.2) is 42.6 Å². The zero-order valence-corrected chi connectivity index (χ0v) is 11.9. The minimum Gasteiger partial charge on any atom is -0.497 e. The van der Waals surface area contributed by atoms with Crippen LogP contribution < -0.4 is 10.5 Å². The molecule has 0 fully saturated rings. The zero-order valence-electron chi connectivity index (χ0n) is 11.9. The summed E-state index contributed by atoms with van der Waals surface area (Å²) in [6.07, 6.45) is 1.74. The van der Waals surface area contributed by atoms with Crippen molar-refractivity contribution in [2.45, 2.75) is 6.92 Å². The van der Waals surface area contributed by atoms with Crippen LogP contribution in [0, 0.1) is 6.92 Å². The highest BCUT2D eigenvalue weighted by atomic mass is 16.5. The number of rotatable bonds is 3. The Bertz CT molecular complexity index is 834. The first kappa shape index (κ1) is 13.2. The number of benzene rings is 2. The van der Waals surface area contributed by atoms with Crippen molar-refractivity contribution < 1.29 is 9.53 Å². The van der Waals surface area contributed by atoms with Gasteiger partial charge in [-0.1, -0.05) is 0 Å². The molecule has 1 aromatic heterocycles. The number of hydrogen-bond donors (Lipinski definition) is 2. The Morgan fingerprint density at radius 3 is 2.67 bits per heavy atom. The van der Waals surface area contributed by atoms with E-state index in [1.54, 1.807) is 25.4 Å². The monoisotopic (exact) mass is 280 g/mol. The van der Waals surface area contributed by atoms with Gasteiger partial charge in [-0.05, 0) is 48.9 Å². The second-order valence-corrected chi connectivity index (χ2v) is 5.02. The number of aryl methyl sites for hydroxylation is 1. The summed E-state index contributed by atoms with van der Waals surface area (Å²) in [5, 5.41) is 0.857. The Hall–Kier alpha value is -2.75. The minimum absolute atomic E-state index is 0.0213. The van der Waals surface area contributed by atoms with E-state index in [-0.39, 0.29) is 5.78 Å². The summed E-state index contributed by atoms with van der Waals surface area (Å²) in [5.74, 6) is 0.706. The van der Waals surface area contributed by atoms with Crippen LogP contribution in [-0.4, -0.2) is 17.9 Å². The molecule has 4 heteroatoms. The highest BCUT2D eigenvalue weighted by Gasteiger charge is 2.16. The summed E-state index contributed by atoms with van der Waals surface area (Å²) in [4.78, 5) is 15.9. The smallest absolute Gasteiger partial charge is 0.195 e. The molecule has 0 radical (unpaired) electrons. The zero-order chi connectivity index (χ0) is 15.0. The van der Waals surface area contributed by atoms with Crippen LogP contribution in [0.3, 0.4) is 0 Å². The number of ether oxygens (including phenoxy) is 1. The Balaban J connectivity index is 2.13. The van der Waals surface area contributed by atoms with E-state index in [9.17, 15) is 4.79 Å². The molecule has 0 atom stereocenters. The number of methoxy groups -OCH3 is 1. The lowest BCUT2D eigenvalue weighted by Crippen LogP contribution is -2.03. The molecule has 0 amide bonds. The van der Waals surface area contributed by atoms with Crippen molar-refractivity contribution in [1.82, 2.24) is 4.98 Å². The minimum atomic E-state index is -0.0213. The van der Waals surface area contributed by atoms with Gasteiger partial charge in [-0.3, -0.25) is 4.79 Å². The largest absolute Gasteiger partial charge is 0.497 e. The third-order valence-electron chi connectivity index (χ3n) is 3.63. The van der Waals surface area contributed by atoms with Crippen LogP contribution in [0.5, 0.6) is 5.75 Å². The lowest BCUT2D eigenvalue weighted by molar-refractivity contribution is 0.104. The summed E-state index contributed by atoms with van der Waals surface area (Å²) >= 11 is 0. The fourth-order valence-corrected chi connectivity index (χ4v) is 2.50. The van der Waals surface area contributed by atoms with Gasteiger partial charge in [-0.15, -0.1) is 0 Å². The van der Waals surface area contributed by atoms with E-state index < -0.39 is 0 Å². The number of carbonyl (C=O) groups is 1. The van der Waals surface area contributed by atoms with E-state index in [0.29, 0.717) is 16.8 Å². The Morgan fingerprint density at radius 1 is 1.14 bits per heavy atom. The molecule has 0 bridgehead atoms. The fraction of sp³-hybridized carbons (Fsp3) is 0.118. The van der Waals surface area contributed by atoms with E-state index in [4.69, 9.17) is 10.5 Å². The molecule has 0 saturated carbocycles. The average molecular weight is 280 g/mol. The van der Waals surface area contributed by atoms with Crippen molar-refractivity contribution in [3.63, 3.8) is 0 Å². The van der Waals surface area contributed by atoms with Gasteiger partial charge in [-0.2, -0.15) is 0 Å². The Labute approximate surface area is 122 Å². The molecular weight excluding hydrogens is 264 g/mol. The van der Waals surface area contributed by atoms with Crippen molar-refractivity contribution in [2.24, 2.45) is 0 Å². The van der Waals surface area contributed by atoms with Gasteiger partial charge in [0.2, 0.25) is 0 Å². The van der Waals surface area contributed by atoms with Crippen molar-refractivity contribution in [1.29, 1.82) is 0 Å². The van der Waals surface area contributed by atoms with E-state index in [1.807, 2.05) is 31.2 Å². The molecule has 0 unspecified atom stereocenters. The number of nitrogens with two attached hydrogens (primary N) is 1. The number of nitrogens with one attached hydrogen (secondary N) is 1. The number of aromatic amines is 1. The second kappa shape index (κ2) is 4.98. The number of H-pyrrole nitrogens is 1. The van der Waals surface area contributed by atoms with E-state index in [2.05, 4.69) is 4.98 Å². The average Bonchev–Trinajstić information content (AvgIpc) is 2.89. The number of ketones is 1. The quantitative estimate of drug-likeness (QED) is 0.571. The predicted octanol–water partition coefficient (Wildman–Crippen LogP) is 3.30. The Morgan fingerprint density at radius 2 is 1.95 bits per heavy atom. The number of hydrogen-bond acceptors (Lipinski definition) is 3. The number of aromatic nitrogens is 1. The van der Waals surface area contributed by atoms with Crippen LogP contribution in [0.4, 0.5) is 5.69 Å². The lowest BCUT2D eigenvalue weighted by Gasteiger charge is -2.06. The number of carbonyl (C=O) groups excluding carboxylic acids is 1. The molecule has 3 N–H and O–H groups in total. The van der Waals surface area contributed by atoms with Gasteiger partial charge in [0.05, 0.1) is 7.11 Å². The molecule has 0 aliphatic rings. The number of fused-ring (bicyclic) bond motifs is 1. The number of nitrogen functional groups attached to an aromatic ring is 1. The molecule has 4 nitrogen and oxygen atoms in total. The maximum atomic E-state index is 12.8. The van der Waals surface area contributed by atoms with Crippen molar-refractivity contribution in [2.75, 3.05) is 12.8 Å². The standard InChI is InChI=1S/C17H16N2O2/c1-10-7-11(18)3-5-13(10)17(20)15-9-19-16-6-4-12(21-2)8-14(15)16/h3-9,19H,18H2,1-2H3. The van der Waals surface area contributed by atoms with Gasteiger partial charge >= 0.3 is 0 Å². The molecular formula is C17H16N2O2. The van der Waals surface area contributed by atoms with E-state index in [0.717, 1.165) is 22.2 Å². The van der Waals surface area contributed by atoms with Gasteiger partial charge < -0.3 is 15.5 Å². The third-order valence-corrected chi connectivity index (χ3v) is 3.63. The summed E-state index contributed by atoms with van der Waals surface area (Å²) in [6, 6.07) is 11.0. The van der Waals surface area contributed by atoms with Crippen LogP contribution in [-0.2, 0) is 0 Å². The lowest BCUT2D eigenvalue weighted by atomic mass is 9.98. The molecule has 0 aliphatic carbocycles. The summed E-state index contributed by atoms with van der Waals surface area (Å²) in [7, 11) is 1.61. The van der Waals surface area contributed by atoms with Gasteiger partial charge in [0.15, 0.2) is 5.78 Å². The molecule has 0 aliphatic heterocycles. The molecule has 21 heavy (non-hydrogen) atoms. The molecule has 0 saturated heterocycles. The first-order chi connectivity index (χ1) is 10.1. The van der Waals surface area contributed by atoms with Crippen molar-refractivity contribution >= 4 is 22.4 Å². The third kappa shape index (κ3) is 2.25. The van der Waals surface area contributed by atoms with Gasteiger partial charge in [0.1, 0.15) is 5.75 Å². The molecule has 2 aromatic carbocycles. The SMILES string of the molecule is COc1ccc2[nH]cc(C(=O)c3ccc(N)cc3C)c2c1. The van der Waals surface area contributed by atoms with Crippen molar-refractivity contribution in [3.8, 4) is 5.75 Å². The molecule has 3 rings (SSSR count). The maximum absolute atomic E-state index is 12.8. The first-order valence-electron chi connectivity index (χ1n) is 6.66. The van der Waals surface area contributed by atoms with Crippen molar-refractivity contribution in [3.05, 3.63) is 59.3 Å². The van der Waals surface area contributed by atoms with Crippen LogP contribution in [0.25, 0.3) is 10.9 Å². The highest BCUT2D eigenvalue weighted by Crippen LogP contribution is 2.26. The van der Waals surface area contributed by atoms with Crippen LogP contribution in [0.2, 0.25) is 0 Å². The molecule has 3 aromatic rings. The predicted molar refractivity (Wildman–Crippen MR) is 83.9 cm³/mol. The Kier molecular flexibility index (Phi) is 3.14. The van der Waals surface area contributed by atoms with E-state index in [1.165, 1.54) is 0 Å². The van der Waals surface area contributed by atoms with Crippen LogP contribution >= 0.6 is 0 Å². The molecule has 0 spiro atoms. The van der Waals surface area contributed by atoms with E-state index >= 15 is 0 Å². The number of anilines is 1.